The summed E-state index contributed by atoms with van der Waals surface area (Å²) < 4.78 is 12.6. The minimum Gasteiger partial charge on any atom is -0.491 e. The van der Waals surface area contributed by atoms with Gasteiger partial charge in [-0.1, -0.05) is 24.3 Å². The summed E-state index contributed by atoms with van der Waals surface area (Å²) in [6, 6.07) is 13.4. The van der Waals surface area contributed by atoms with Crippen LogP contribution in [-0.2, 0) is 11.2 Å². The second kappa shape index (κ2) is 10.0. The first-order chi connectivity index (χ1) is 15.7. The summed E-state index contributed by atoms with van der Waals surface area (Å²) >= 11 is 0. The van der Waals surface area contributed by atoms with Crippen molar-refractivity contribution in [2.45, 2.75) is 13.3 Å². The zero-order chi connectivity index (χ0) is 22.3. The lowest BCUT2D eigenvalue weighted by molar-refractivity contribution is 0.202. The molecule has 2 aromatic heterocycles. The first-order valence-corrected chi connectivity index (χ1v) is 10.4. The Morgan fingerprint density at radius 3 is 2.78 bits per heavy atom. The maximum atomic E-state index is 13.2. The number of fused-ring (bicyclic) bond motifs is 1. The molecule has 0 N–H and O–H groups in total. The molecule has 0 atom stereocenters. The van der Waals surface area contributed by atoms with Crippen molar-refractivity contribution in [3.63, 3.8) is 0 Å². The van der Waals surface area contributed by atoms with Crippen molar-refractivity contribution in [2.75, 3.05) is 31.8 Å². The third-order valence-corrected chi connectivity index (χ3v) is 5.14. The predicted molar refractivity (Wildman–Crippen MR) is 122 cm³/mol. The second-order valence-corrected chi connectivity index (χ2v) is 7.31. The highest BCUT2D eigenvalue weighted by atomic mass is 16.5. The van der Waals surface area contributed by atoms with E-state index in [1.54, 1.807) is 24.4 Å². The Morgan fingerprint density at radius 1 is 1.12 bits per heavy atom. The van der Waals surface area contributed by atoms with Crippen LogP contribution in [0.5, 0.6) is 5.75 Å². The van der Waals surface area contributed by atoms with Crippen LogP contribution in [0.25, 0.3) is 10.9 Å². The molecule has 0 unspecified atom stereocenters. The number of hydrogen-bond donors (Lipinski definition) is 0. The summed E-state index contributed by atoms with van der Waals surface area (Å²) in [5.74, 6) is 1.32. The van der Waals surface area contributed by atoms with Gasteiger partial charge in [-0.15, -0.1) is 0 Å². The quantitative estimate of drug-likeness (QED) is 0.421. The molecule has 8 nitrogen and oxygen atoms in total. The van der Waals surface area contributed by atoms with Crippen LogP contribution < -0.4 is 9.64 Å². The van der Waals surface area contributed by atoms with E-state index in [9.17, 15) is 4.79 Å². The zero-order valence-electron chi connectivity index (χ0n) is 18.1. The summed E-state index contributed by atoms with van der Waals surface area (Å²) in [4.78, 5) is 27.5. The number of anilines is 1. The monoisotopic (exact) mass is 431 g/mol. The van der Waals surface area contributed by atoms with Crippen LogP contribution in [0.3, 0.4) is 0 Å². The van der Waals surface area contributed by atoms with Crippen LogP contribution in [-0.4, -0.2) is 52.4 Å². The number of ether oxygens (including phenoxy) is 2. The fraction of sp³-hybridized carbons (Fsp3) is 0.250. The average Bonchev–Trinajstić information content (AvgIpc) is 3.36. The highest BCUT2D eigenvalue weighted by Gasteiger charge is 2.21. The number of imidazole rings is 1. The highest BCUT2D eigenvalue weighted by Crippen LogP contribution is 2.24. The molecule has 164 valence electrons. The second-order valence-electron chi connectivity index (χ2n) is 7.31. The van der Waals surface area contributed by atoms with E-state index in [4.69, 9.17) is 9.47 Å². The van der Waals surface area contributed by atoms with Gasteiger partial charge in [-0.2, -0.15) is 0 Å². The van der Waals surface area contributed by atoms with Crippen LogP contribution in [0.1, 0.15) is 11.1 Å². The number of benzene rings is 2. The lowest BCUT2D eigenvalue weighted by Gasteiger charge is -2.23. The van der Waals surface area contributed by atoms with Gasteiger partial charge in [-0.3, -0.25) is 9.47 Å². The number of carbonyl (C=O) groups is 1. The summed E-state index contributed by atoms with van der Waals surface area (Å²) in [6.45, 7) is 3.30. The fourth-order valence-electron chi connectivity index (χ4n) is 3.51. The zero-order valence-corrected chi connectivity index (χ0v) is 18.1. The number of rotatable bonds is 8. The summed E-state index contributed by atoms with van der Waals surface area (Å²) in [5, 5.41) is 0.794. The first kappa shape index (κ1) is 21.5. The molecule has 0 spiro atoms. The molecule has 1 amide bonds. The molecule has 0 saturated heterocycles. The van der Waals surface area contributed by atoms with Crippen molar-refractivity contribution in [3.05, 3.63) is 78.6 Å². The topological polar surface area (TPSA) is 82.4 Å². The van der Waals surface area contributed by atoms with Gasteiger partial charge in [0.25, 0.3) is 0 Å². The van der Waals surface area contributed by atoms with Crippen LogP contribution in [0.15, 0.2) is 67.5 Å². The number of para-hydroxylation sites is 1. The molecule has 0 aliphatic heterocycles. The van der Waals surface area contributed by atoms with Crippen LogP contribution >= 0.6 is 0 Å². The maximum absolute atomic E-state index is 13.2. The van der Waals surface area contributed by atoms with E-state index in [0.717, 1.165) is 28.6 Å². The van der Waals surface area contributed by atoms with E-state index in [0.29, 0.717) is 25.6 Å². The third-order valence-electron chi connectivity index (χ3n) is 5.14. The Bertz CT molecular complexity index is 1190. The summed E-state index contributed by atoms with van der Waals surface area (Å²) in [7, 11) is 1.70. The molecule has 32 heavy (non-hydrogen) atoms. The lowest BCUT2D eigenvalue weighted by Crippen LogP contribution is -2.38. The van der Waals surface area contributed by atoms with E-state index in [1.807, 2.05) is 43.3 Å². The molecule has 0 radical (unpaired) electrons. The van der Waals surface area contributed by atoms with Crippen molar-refractivity contribution in [2.24, 2.45) is 0 Å². The highest BCUT2D eigenvalue weighted by molar-refractivity contribution is 6.00. The maximum Gasteiger partial charge on any atom is 0.335 e. The standard InChI is InChI=1S/C24H25N5O3/c1-18-15-19(9-13-31-2)7-8-22(18)32-14-12-29(24(30)28-11-10-25-17-28)23-20-5-3-4-6-21(20)26-16-27-23/h3-8,10-11,15-17H,9,12-14H2,1-2H3. The third kappa shape index (κ3) is 4.76. The van der Waals surface area contributed by atoms with Crippen LogP contribution in [0, 0.1) is 6.92 Å². The van der Waals surface area contributed by atoms with Gasteiger partial charge in [0.05, 0.1) is 18.7 Å². The van der Waals surface area contributed by atoms with E-state index in [-0.39, 0.29) is 6.03 Å². The van der Waals surface area contributed by atoms with Gasteiger partial charge in [0.2, 0.25) is 0 Å². The Morgan fingerprint density at radius 2 is 2.00 bits per heavy atom. The molecule has 2 aromatic carbocycles. The van der Waals surface area contributed by atoms with Crippen molar-refractivity contribution < 1.29 is 14.3 Å². The Labute approximate surface area is 186 Å². The number of amides is 1. The smallest absolute Gasteiger partial charge is 0.335 e. The van der Waals surface area contributed by atoms with Crippen molar-refractivity contribution in [3.8, 4) is 5.75 Å². The molecule has 0 bridgehead atoms. The molecule has 2 heterocycles. The fourth-order valence-corrected chi connectivity index (χ4v) is 3.51. The first-order valence-electron chi connectivity index (χ1n) is 10.4. The SMILES string of the molecule is COCCc1ccc(OCCN(C(=O)n2ccnc2)c2ncnc3ccccc23)c(C)c1. The minimum absolute atomic E-state index is 0.262. The number of methoxy groups -OCH3 is 1. The normalized spacial score (nSPS) is 10.9. The van der Waals surface area contributed by atoms with E-state index < -0.39 is 0 Å². The van der Waals surface area contributed by atoms with Crippen molar-refractivity contribution >= 4 is 22.8 Å². The number of carbonyl (C=O) groups excluding carboxylic acids is 1. The average molecular weight is 431 g/mol. The van der Waals surface area contributed by atoms with Crippen molar-refractivity contribution in [1.82, 2.24) is 19.5 Å². The predicted octanol–water partition coefficient (Wildman–Crippen LogP) is 3.88. The summed E-state index contributed by atoms with van der Waals surface area (Å²) in [5.41, 5.74) is 3.00. The molecule has 4 aromatic rings. The number of hydrogen-bond acceptors (Lipinski definition) is 6. The minimum atomic E-state index is -0.262. The van der Waals surface area contributed by atoms with Gasteiger partial charge in [0.1, 0.15) is 30.8 Å². The van der Waals surface area contributed by atoms with Gasteiger partial charge in [-0.05, 0) is 42.7 Å². The van der Waals surface area contributed by atoms with E-state index >= 15 is 0 Å². The van der Waals surface area contributed by atoms with Gasteiger partial charge >= 0.3 is 6.03 Å². The van der Waals surface area contributed by atoms with Gasteiger partial charge in [0.15, 0.2) is 0 Å². The molecule has 0 fully saturated rings. The number of nitrogens with zero attached hydrogens (tertiary/aromatic N) is 5. The van der Waals surface area contributed by atoms with Crippen molar-refractivity contribution in [1.29, 1.82) is 0 Å². The summed E-state index contributed by atoms with van der Waals surface area (Å²) in [6.07, 6.45) is 6.98. The molecule has 8 heteroatoms. The Kier molecular flexibility index (Phi) is 6.72. The van der Waals surface area contributed by atoms with E-state index in [1.165, 1.54) is 22.8 Å². The van der Waals surface area contributed by atoms with Crippen LogP contribution in [0.4, 0.5) is 10.6 Å². The molecular weight excluding hydrogens is 406 g/mol. The molecule has 0 aliphatic rings. The van der Waals surface area contributed by atoms with Gasteiger partial charge in [-0.25, -0.2) is 19.7 Å². The Hall–Kier alpha value is -3.78. The molecule has 0 aliphatic carbocycles. The van der Waals surface area contributed by atoms with Gasteiger partial charge in [0, 0.05) is 24.9 Å². The van der Waals surface area contributed by atoms with Gasteiger partial charge < -0.3 is 9.47 Å². The number of aryl methyl sites for hydroxylation is 1. The number of aromatic nitrogens is 4. The molecule has 0 saturated carbocycles. The molecule has 4 rings (SSSR count). The van der Waals surface area contributed by atoms with Crippen LogP contribution in [0.2, 0.25) is 0 Å². The molecular formula is C24H25N5O3. The largest absolute Gasteiger partial charge is 0.491 e. The van der Waals surface area contributed by atoms with E-state index in [2.05, 4.69) is 21.0 Å². The Balaban J connectivity index is 1.55. The lowest BCUT2D eigenvalue weighted by atomic mass is 10.1.